The number of ketones is 1. The largest absolute Gasteiger partial charge is 0.388 e. The van der Waals surface area contributed by atoms with Crippen LogP contribution >= 0.6 is 0 Å². The number of rotatable bonds is 8. The lowest BCUT2D eigenvalue weighted by Gasteiger charge is -2.32. The van der Waals surface area contributed by atoms with E-state index in [0.29, 0.717) is 12.3 Å². The van der Waals surface area contributed by atoms with E-state index in [1.165, 1.54) is 23.1 Å². The van der Waals surface area contributed by atoms with Crippen molar-refractivity contribution in [3.8, 4) is 11.1 Å². The molecule has 0 heterocycles. The Bertz CT molecular complexity index is 1260. The molecule has 4 nitrogen and oxygen atoms in total. The second-order valence-corrected chi connectivity index (χ2v) is 11.5. The van der Waals surface area contributed by atoms with Gasteiger partial charge in [0.2, 0.25) is 5.91 Å². The van der Waals surface area contributed by atoms with E-state index in [1.54, 1.807) is 6.92 Å². The second-order valence-electron chi connectivity index (χ2n) is 11.5. The van der Waals surface area contributed by atoms with Crippen LogP contribution in [0.25, 0.3) is 11.1 Å². The summed E-state index contributed by atoms with van der Waals surface area (Å²) < 4.78 is 0. The highest BCUT2D eigenvalue weighted by atomic mass is 16.2. The molecule has 3 aromatic rings. The number of carbonyl (C=O) groups is 2. The number of anilines is 2. The van der Waals surface area contributed by atoms with Crippen LogP contribution in [0.15, 0.2) is 72.8 Å². The van der Waals surface area contributed by atoms with Gasteiger partial charge < -0.3 is 10.2 Å². The van der Waals surface area contributed by atoms with Gasteiger partial charge in [-0.15, -0.1) is 0 Å². The summed E-state index contributed by atoms with van der Waals surface area (Å²) in [6.07, 6.45) is 9.75. The Hall–Kier alpha value is -3.40. The predicted molar refractivity (Wildman–Crippen MR) is 161 cm³/mol. The molecular formula is C35H42N2O2. The molecule has 0 aromatic heterocycles. The Morgan fingerprint density at radius 2 is 1.44 bits per heavy atom. The molecule has 2 atom stereocenters. The van der Waals surface area contributed by atoms with Gasteiger partial charge in [-0.05, 0) is 85.0 Å². The lowest BCUT2D eigenvalue weighted by atomic mass is 9.74. The summed E-state index contributed by atoms with van der Waals surface area (Å²) in [5, 5.41) is 3.17. The minimum atomic E-state index is 0.0891. The fourth-order valence-corrected chi connectivity index (χ4v) is 6.62. The normalized spacial score (nSPS) is 19.8. The minimum Gasteiger partial charge on any atom is -0.388 e. The van der Waals surface area contributed by atoms with Crippen molar-refractivity contribution in [1.82, 2.24) is 0 Å². The third-order valence-electron chi connectivity index (χ3n) is 8.92. The molecule has 4 heteroatoms. The molecule has 0 spiro atoms. The van der Waals surface area contributed by atoms with E-state index in [0.717, 1.165) is 68.3 Å². The van der Waals surface area contributed by atoms with Gasteiger partial charge in [0, 0.05) is 30.3 Å². The molecule has 2 fully saturated rings. The molecule has 2 aliphatic rings. The van der Waals surface area contributed by atoms with Crippen molar-refractivity contribution >= 4 is 23.1 Å². The third kappa shape index (κ3) is 6.43. The summed E-state index contributed by atoms with van der Waals surface area (Å²) in [5.41, 5.74) is 6.73. The van der Waals surface area contributed by atoms with Crippen molar-refractivity contribution in [2.75, 3.05) is 17.3 Å². The Morgan fingerprint density at radius 3 is 2.10 bits per heavy atom. The van der Waals surface area contributed by atoms with E-state index >= 15 is 0 Å². The fourth-order valence-electron chi connectivity index (χ4n) is 6.62. The van der Waals surface area contributed by atoms with E-state index in [2.05, 4.69) is 78.1 Å². The molecule has 0 radical (unpaired) electrons. The van der Waals surface area contributed by atoms with Gasteiger partial charge in [-0.2, -0.15) is 0 Å². The molecule has 2 unspecified atom stereocenters. The van der Waals surface area contributed by atoms with Crippen LogP contribution in [0.1, 0.15) is 81.8 Å². The van der Waals surface area contributed by atoms with Crippen molar-refractivity contribution in [1.29, 1.82) is 0 Å². The summed E-state index contributed by atoms with van der Waals surface area (Å²) in [5.74, 6) is 0.959. The molecule has 0 bridgehead atoms. The first kappa shape index (κ1) is 27.2. The molecule has 0 aliphatic heterocycles. The van der Waals surface area contributed by atoms with Crippen molar-refractivity contribution in [3.63, 3.8) is 0 Å². The van der Waals surface area contributed by atoms with Crippen LogP contribution in [0.5, 0.6) is 0 Å². The zero-order valence-corrected chi connectivity index (χ0v) is 23.5. The molecule has 0 saturated heterocycles. The molecule has 3 aromatic carbocycles. The van der Waals surface area contributed by atoms with Crippen molar-refractivity contribution in [2.45, 2.75) is 77.2 Å². The highest BCUT2D eigenvalue weighted by molar-refractivity contribution is 5.95. The average Bonchev–Trinajstić information content (AvgIpc) is 3.00. The summed E-state index contributed by atoms with van der Waals surface area (Å²) in [6.45, 7) is 2.29. The standard InChI is InChI=1S/C35H42N2O2/c1-25(38)33-13-6-7-14-34(33)30-11-8-12-32(23-30)37(35(39)29-9-4-3-5-10-29)24-26-15-17-27(18-16-26)28-19-21-31(36-2)22-20-28/h8,11-12,15-23,29,33-34,36H,3-7,9-10,13-14,24H2,1-2H3. The zero-order chi connectivity index (χ0) is 27.2. The first-order chi connectivity index (χ1) is 19.0. The molecule has 1 N–H and O–H groups in total. The fraction of sp³-hybridized carbons (Fsp3) is 0.429. The van der Waals surface area contributed by atoms with Crippen LogP contribution in [-0.4, -0.2) is 18.7 Å². The summed E-state index contributed by atoms with van der Waals surface area (Å²) in [6, 6.07) is 25.6. The summed E-state index contributed by atoms with van der Waals surface area (Å²) >= 11 is 0. The van der Waals surface area contributed by atoms with Gasteiger partial charge in [-0.25, -0.2) is 0 Å². The molecule has 2 saturated carbocycles. The first-order valence-electron chi connectivity index (χ1n) is 14.8. The average molecular weight is 523 g/mol. The highest BCUT2D eigenvalue weighted by Crippen LogP contribution is 2.40. The Morgan fingerprint density at radius 1 is 0.795 bits per heavy atom. The van der Waals surface area contributed by atoms with E-state index in [9.17, 15) is 9.59 Å². The molecule has 2 aliphatic carbocycles. The number of amides is 1. The number of hydrogen-bond donors (Lipinski definition) is 1. The van der Waals surface area contributed by atoms with E-state index < -0.39 is 0 Å². The van der Waals surface area contributed by atoms with Gasteiger partial charge in [0.05, 0.1) is 6.54 Å². The van der Waals surface area contributed by atoms with Gasteiger partial charge in [0.25, 0.3) is 0 Å². The molecule has 39 heavy (non-hydrogen) atoms. The van der Waals surface area contributed by atoms with Crippen LogP contribution in [0.4, 0.5) is 11.4 Å². The van der Waals surface area contributed by atoms with Gasteiger partial charge >= 0.3 is 0 Å². The van der Waals surface area contributed by atoms with Crippen LogP contribution in [-0.2, 0) is 16.1 Å². The smallest absolute Gasteiger partial charge is 0.230 e. The number of hydrogen-bond acceptors (Lipinski definition) is 3. The van der Waals surface area contributed by atoms with Crippen LogP contribution < -0.4 is 10.2 Å². The molecule has 1 amide bonds. The topological polar surface area (TPSA) is 49.4 Å². The van der Waals surface area contributed by atoms with Gasteiger partial charge in [0.15, 0.2) is 0 Å². The Kier molecular flexibility index (Phi) is 8.81. The van der Waals surface area contributed by atoms with Crippen LogP contribution in [0.2, 0.25) is 0 Å². The number of nitrogens with one attached hydrogen (secondary N) is 1. The minimum absolute atomic E-state index is 0.0891. The summed E-state index contributed by atoms with van der Waals surface area (Å²) in [4.78, 5) is 28.4. The Labute approximate surface area is 233 Å². The molecular weight excluding hydrogens is 480 g/mol. The lowest BCUT2D eigenvalue weighted by molar-refractivity contribution is -0.123. The monoisotopic (exact) mass is 522 g/mol. The molecule has 204 valence electrons. The van der Waals surface area contributed by atoms with E-state index in [4.69, 9.17) is 0 Å². The number of nitrogens with zero attached hydrogens (tertiary/aromatic N) is 1. The quantitative estimate of drug-likeness (QED) is 0.323. The van der Waals surface area contributed by atoms with Crippen molar-refractivity contribution < 1.29 is 9.59 Å². The predicted octanol–water partition coefficient (Wildman–Crippen LogP) is 8.37. The maximum atomic E-state index is 14.0. The maximum Gasteiger partial charge on any atom is 0.230 e. The SMILES string of the molecule is CNc1ccc(-c2ccc(CN(C(=O)C3CCCCC3)c3cccc(C4CCCCC4C(C)=O)c3)cc2)cc1. The van der Waals surface area contributed by atoms with E-state index in [-0.39, 0.29) is 23.7 Å². The van der Waals surface area contributed by atoms with Gasteiger partial charge in [-0.1, -0.05) is 80.6 Å². The van der Waals surface area contributed by atoms with Crippen LogP contribution in [0, 0.1) is 11.8 Å². The first-order valence-corrected chi connectivity index (χ1v) is 14.8. The van der Waals surface area contributed by atoms with Gasteiger partial charge in [-0.3, -0.25) is 9.59 Å². The van der Waals surface area contributed by atoms with Crippen molar-refractivity contribution in [2.24, 2.45) is 11.8 Å². The zero-order valence-electron chi connectivity index (χ0n) is 23.5. The lowest BCUT2D eigenvalue weighted by Crippen LogP contribution is -2.37. The van der Waals surface area contributed by atoms with Crippen LogP contribution in [0.3, 0.4) is 0 Å². The number of Topliss-reactive ketones (excluding diaryl/α,β-unsaturated/α-hetero) is 1. The maximum absolute atomic E-state index is 14.0. The number of carbonyl (C=O) groups excluding carboxylic acids is 2. The number of benzene rings is 3. The highest BCUT2D eigenvalue weighted by Gasteiger charge is 2.31. The third-order valence-corrected chi connectivity index (χ3v) is 8.92. The van der Waals surface area contributed by atoms with Gasteiger partial charge in [0.1, 0.15) is 5.78 Å². The Balaban J connectivity index is 1.42. The second kappa shape index (κ2) is 12.6. The molecule has 5 rings (SSSR count). The van der Waals surface area contributed by atoms with E-state index in [1.807, 2.05) is 11.9 Å². The van der Waals surface area contributed by atoms with Crippen molar-refractivity contribution in [3.05, 3.63) is 83.9 Å². The summed E-state index contributed by atoms with van der Waals surface area (Å²) in [7, 11) is 1.93.